The minimum absolute atomic E-state index is 0.0672. The molecule has 0 saturated carbocycles. The molecule has 0 N–H and O–H groups in total. The van der Waals surface area contributed by atoms with Crippen LogP contribution in [0.15, 0.2) is 23.2 Å². The van der Waals surface area contributed by atoms with Crippen molar-refractivity contribution >= 4 is 39.1 Å². The monoisotopic (exact) mass is 282 g/mol. The third kappa shape index (κ3) is 2.49. The van der Waals surface area contributed by atoms with E-state index in [4.69, 9.17) is 11.6 Å². The zero-order valence-corrected chi connectivity index (χ0v) is 12.0. The fourth-order valence-corrected chi connectivity index (χ4v) is 3.31. The Bertz CT molecular complexity index is 642. The van der Waals surface area contributed by atoms with Crippen molar-refractivity contribution in [3.8, 4) is 0 Å². The number of nitrogens with zero attached hydrogens (tertiary/aromatic N) is 2. The summed E-state index contributed by atoms with van der Waals surface area (Å²) < 4.78 is 3.06. The van der Waals surface area contributed by atoms with Crippen LogP contribution >= 0.6 is 22.9 Å². The van der Waals surface area contributed by atoms with Crippen LogP contribution in [0, 0.1) is 0 Å². The number of amides is 1. The highest BCUT2D eigenvalue weighted by molar-refractivity contribution is 7.16. The summed E-state index contributed by atoms with van der Waals surface area (Å²) in [6, 6.07) is 5.78. The van der Waals surface area contributed by atoms with Crippen LogP contribution in [0.5, 0.6) is 0 Å². The Morgan fingerprint density at radius 3 is 2.89 bits per heavy atom. The molecule has 1 aromatic heterocycles. The Kier molecular flexibility index (Phi) is 4.19. The number of carbonyl (C=O) groups excluding carboxylic acids is 1. The number of thiazole rings is 1. The van der Waals surface area contributed by atoms with E-state index in [9.17, 15) is 4.79 Å². The van der Waals surface area contributed by atoms with E-state index in [0.717, 1.165) is 28.0 Å². The molecule has 0 aliphatic rings. The Morgan fingerprint density at radius 1 is 1.44 bits per heavy atom. The fourth-order valence-electron chi connectivity index (χ4n) is 1.84. The maximum atomic E-state index is 11.6. The van der Waals surface area contributed by atoms with Gasteiger partial charge in [0.1, 0.15) is 0 Å². The first-order chi connectivity index (χ1) is 8.67. The van der Waals surface area contributed by atoms with Gasteiger partial charge in [-0.1, -0.05) is 35.9 Å². The summed E-state index contributed by atoms with van der Waals surface area (Å²) in [7, 11) is 0. The van der Waals surface area contributed by atoms with Gasteiger partial charge in [0, 0.05) is 13.0 Å². The van der Waals surface area contributed by atoms with E-state index >= 15 is 0 Å². The van der Waals surface area contributed by atoms with E-state index < -0.39 is 0 Å². The Labute approximate surface area is 115 Å². The van der Waals surface area contributed by atoms with Gasteiger partial charge in [-0.2, -0.15) is 4.99 Å². The van der Waals surface area contributed by atoms with E-state index in [0.29, 0.717) is 11.4 Å². The van der Waals surface area contributed by atoms with Crippen molar-refractivity contribution in [3.05, 3.63) is 28.0 Å². The predicted molar refractivity (Wildman–Crippen MR) is 76.0 cm³/mol. The number of aromatic nitrogens is 1. The first kappa shape index (κ1) is 13.3. The molecule has 2 rings (SSSR count). The molecule has 0 saturated heterocycles. The average molecular weight is 283 g/mol. The number of halogens is 1. The van der Waals surface area contributed by atoms with Gasteiger partial charge in [0.25, 0.3) is 0 Å². The third-order valence-electron chi connectivity index (χ3n) is 2.65. The number of carbonyl (C=O) groups is 1. The summed E-state index contributed by atoms with van der Waals surface area (Å²) in [4.78, 5) is 16.6. The first-order valence-electron chi connectivity index (χ1n) is 6.02. The highest BCUT2D eigenvalue weighted by Gasteiger charge is 2.09. The second-order valence-corrected chi connectivity index (χ2v) is 5.39. The molecule has 0 bridgehead atoms. The molecule has 0 unspecified atom stereocenters. The third-order valence-corrected chi connectivity index (χ3v) is 4.00. The van der Waals surface area contributed by atoms with Gasteiger partial charge in [0.15, 0.2) is 4.80 Å². The van der Waals surface area contributed by atoms with Crippen LogP contribution in [0.4, 0.5) is 0 Å². The van der Waals surface area contributed by atoms with Crippen LogP contribution in [0.1, 0.15) is 26.7 Å². The van der Waals surface area contributed by atoms with Crippen molar-refractivity contribution < 1.29 is 4.79 Å². The minimum atomic E-state index is -0.0672. The Balaban J connectivity index is 2.65. The van der Waals surface area contributed by atoms with Gasteiger partial charge in [-0.25, -0.2) is 0 Å². The molecule has 0 aliphatic carbocycles. The van der Waals surface area contributed by atoms with E-state index in [-0.39, 0.29) is 5.91 Å². The molecule has 1 heterocycles. The maximum absolute atomic E-state index is 11.6. The lowest BCUT2D eigenvalue weighted by Crippen LogP contribution is -2.15. The predicted octanol–water partition coefficient (Wildman–Crippen LogP) is 3.60. The van der Waals surface area contributed by atoms with Crippen LogP contribution in [0.2, 0.25) is 5.02 Å². The van der Waals surface area contributed by atoms with E-state index in [1.54, 1.807) is 0 Å². The molecule has 0 radical (unpaired) electrons. The first-order valence-corrected chi connectivity index (χ1v) is 7.22. The fraction of sp³-hybridized carbons (Fsp3) is 0.385. The lowest BCUT2D eigenvalue weighted by molar-refractivity contribution is -0.118. The van der Waals surface area contributed by atoms with Crippen molar-refractivity contribution in [2.45, 2.75) is 33.2 Å². The molecule has 0 atom stereocenters. The lowest BCUT2D eigenvalue weighted by atomic mass is 10.3. The summed E-state index contributed by atoms with van der Waals surface area (Å²) in [5.74, 6) is -0.0672. The number of benzene rings is 1. The number of para-hydroxylation sites is 1. The van der Waals surface area contributed by atoms with Gasteiger partial charge in [-0.05, 0) is 25.5 Å². The molecule has 0 fully saturated rings. The van der Waals surface area contributed by atoms with Gasteiger partial charge < -0.3 is 4.57 Å². The molecule has 96 valence electrons. The largest absolute Gasteiger partial charge is 0.315 e. The van der Waals surface area contributed by atoms with Crippen LogP contribution in [-0.4, -0.2) is 10.5 Å². The second kappa shape index (κ2) is 5.67. The lowest BCUT2D eigenvalue weighted by Gasteiger charge is -2.01. The Morgan fingerprint density at radius 2 is 2.22 bits per heavy atom. The SMILES string of the molecule is CCCC(=O)N=c1sc2cccc(Cl)c2n1CC. The van der Waals surface area contributed by atoms with Gasteiger partial charge in [-0.3, -0.25) is 4.79 Å². The quantitative estimate of drug-likeness (QED) is 0.847. The maximum Gasteiger partial charge on any atom is 0.248 e. The summed E-state index contributed by atoms with van der Waals surface area (Å²) in [6.45, 7) is 4.75. The average Bonchev–Trinajstić information content (AvgIpc) is 2.68. The van der Waals surface area contributed by atoms with Crippen LogP contribution in [0.25, 0.3) is 10.2 Å². The van der Waals surface area contributed by atoms with Crippen molar-refractivity contribution in [3.63, 3.8) is 0 Å². The summed E-state index contributed by atoms with van der Waals surface area (Å²) >= 11 is 7.72. The van der Waals surface area contributed by atoms with Crippen LogP contribution in [-0.2, 0) is 11.3 Å². The van der Waals surface area contributed by atoms with Gasteiger partial charge in [0.05, 0.1) is 15.2 Å². The van der Waals surface area contributed by atoms with Gasteiger partial charge in [0.2, 0.25) is 5.91 Å². The zero-order valence-electron chi connectivity index (χ0n) is 10.4. The molecule has 2 aromatic rings. The van der Waals surface area contributed by atoms with E-state index in [1.807, 2.05) is 36.6 Å². The molecule has 5 heteroatoms. The van der Waals surface area contributed by atoms with E-state index in [1.165, 1.54) is 11.3 Å². The van der Waals surface area contributed by atoms with Crippen molar-refractivity contribution in [1.82, 2.24) is 4.57 Å². The second-order valence-electron chi connectivity index (χ2n) is 3.97. The zero-order chi connectivity index (χ0) is 13.1. The van der Waals surface area contributed by atoms with Gasteiger partial charge in [-0.15, -0.1) is 0 Å². The molecule has 1 amide bonds. The highest BCUT2D eigenvalue weighted by Crippen LogP contribution is 2.25. The van der Waals surface area contributed by atoms with Crippen molar-refractivity contribution in [1.29, 1.82) is 0 Å². The van der Waals surface area contributed by atoms with Crippen molar-refractivity contribution in [2.75, 3.05) is 0 Å². The standard InChI is InChI=1S/C13H15ClN2OS/c1-3-6-11(17)15-13-16(4-2)12-9(14)7-5-8-10(12)18-13/h5,7-8H,3-4,6H2,1-2H3. The topological polar surface area (TPSA) is 34.4 Å². The smallest absolute Gasteiger partial charge is 0.248 e. The van der Waals surface area contributed by atoms with Gasteiger partial charge >= 0.3 is 0 Å². The van der Waals surface area contributed by atoms with Crippen LogP contribution in [0.3, 0.4) is 0 Å². The molecule has 3 nitrogen and oxygen atoms in total. The highest BCUT2D eigenvalue weighted by atomic mass is 35.5. The Hall–Kier alpha value is -1.13. The number of hydrogen-bond donors (Lipinski definition) is 0. The molecule has 18 heavy (non-hydrogen) atoms. The van der Waals surface area contributed by atoms with Crippen LogP contribution < -0.4 is 4.80 Å². The summed E-state index contributed by atoms with van der Waals surface area (Å²) in [6.07, 6.45) is 1.31. The molecular formula is C13H15ClN2OS. The number of rotatable bonds is 3. The molecule has 0 spiro atoms. The number of fused-ring (bicyclic) bond motifs is 1. The molecule has 0 aliphatic heterocycles. The summed E-state index contributed by atoms with van der Waals surface area (Å²) in [5.41, 5.74) is 0.967. The van der Waals surface area contributed by atoms with Crippen molar-refractivity contribution in [2.24, 2.45) is 4.99 Å². The normalized spacial score (nSPS) is 12.3. The summed E-state index contributed by atoms with van der Waals surface area (Å²) in [5, 5.41) is 0.704. The molecule has 1 aromatic carbocycles. The number of hydrogen-bond acceptors (Lipinski definition) is 2. The van der Waals surface area contributed by atoms with E-state index in [2.05, 4.69) is 4.99 Å². The molecular weight excluding hydrogens is 268 g/mol. The number of aryl methyl sites for hydroxylation is 1. The minimum Gasteiger partial charge on any atom is -0.315 e.